The number of rotatable bonds is 5. The number of aliphatic carboxylic acids is 1. The number of carboxylic acid groups (broad SMARTS) is 1. The van der Waals surface area contributed by atoms with Gasteiger partial charge in [0.1, 0.15) is 0 Å². The highest BCUT2D eigenvalue weighted by Crippen LogP contribution is 2.36. The smallest absolute Gasteiger partial charge is 0.303 e. The van der Waals surface area contributed by atoms with Crippen LogP contribution in [0.5, 0.6) is 11.5 Å². The van der Waals surface area contributed by atoms with E-state index in [2.05, 4.69) is 0 Å². The highest BCUT2D eigenvalue weighted by Gasteiger charge is 2.15. The molecule has 2 aromatic rings. The standard InChI is InChI=1S/C18H18O4/c1-2-12(10-18(19)20)13-3-5-14(6-4-13)15-7-8-16-17(9-15)22-11-21-16/h3-9,12H,2,10-11H2,1H3,(H,19,20). The highest BCUT2D eigenvalue weighted by atomic mass is 16.7. The number of carbonyl (C=O) groups is 1. The number of ether oxygens (including phenoxy) is 2. The molecule has 4 nitrogen and oxygen atoms in total. The fourth-order valence-corrected chi connectivity index (χ4v) is 2.73. The van der Waals surface area contributed by atoms with Gasteiger partial charge in [0.15, 0.2) is 11.5 Å². The topological polar surface area (TPSA) is 55.8 Å². The van der Waals surface area contributed by atoms with E-state index in [1.54, 1.807) is 0 Å². The average molecular weight is 298 g/mol. The second-order valence-electron chi connectivity index (χ2n) is 5.39. The average Bonchev–Trinajstić information content (AvgIpc) is 3.00. The summed E-state index contributed by atoms with van der Waals surface area (Å²) in [5, 5.41) is 8.97. The van der Waals surface area contributed by atoms with E-state index in [0.717, 1.165) is 34.6 Å². The minimum atomic E-state index is -0.758. The molecule has 4 heteroatoms. The summed E-state index contributed by atoms with van der Waals surface area (Å²) in [5.41, 5.74) is 3.20. The van der Waals surface area contributed by atoms with Gasteiger partial charge in [-0.25, -0.2) is 0 Å². The molecule has 0 bridgehead atoms. The molecule has 3 rings (SSSR count). The Labute approximate surface area is 129 Å². The van der Waals surface area contributed by atoms with Gasteiger partial charge in [0.05, 0.1) is 6.42 Å². The van der Waals surface area contributed by atoms with Crippen LogP contribution < -0.4 is 9.47 Å². The van der Waals surface area contributed by atoms with Gasteiger partial charge in [-0.05, 0) is 41.2 Å². The van der Waals surface area contributed by atoms with Crippen molar-refractivity contribution in [3.8, 4) is 22.6 Å². The zero-order valence-corrected chi connectivity index (χ0v) is 12.4. The van der Waals surface area contributed by atoms with E-state index >= 15 is 0 Å². The molecule has 1 aliphatic rings. The summed E-state index contributed by atoms with van der Waals surface area (Å²) in [6, 6.07) is 13.9. The number of carboxylic acids is 1. The van der Waals surface area contributed by atoms with E-state index in [0.29, 0.717) is 0 Å². The summed E-state index contributed by atoms with van der Waals surface area (Å²) in [6.07, 6.45) is 0.982. The number of fused-ring (bicyclic) bond motifs is 1. The lowest BCUT2D eigenvalue weighted by Gasteiger charge is -2.13. The van der Waals surface area contributed by atoms with Crippen molar-refractivity contribution in [2.24, 2.45) is 0 Å². The van der Waals surface area contributed by atoms with E-state index in [1.807, 2.05) is 49.4 Å². The van der Waals surface area contributed by atoms with Crippen molar-refractivity contribution in [2.45, 2.75) is 25.7 Å². The van der Waals surface area contributed by atoms with Crippen molar-refractivity contribution < 1.29 is 19.4 Å². The molecule has 2 aromatic carbocycles. The van der Waals surface area contributed by atoms with E-state index < -0.39 is 5.97 Å². The van der Waals surface area contributed by atoms with Crippen molar-refractivity contribution >= 4 is 5.97 Å². The molecule has 0 saturated carbocycles. The molecule has 0 amide bonds. The Hall–Kier alpha value is -2.49. The summed E-state index contributed by atoms with van der Waals surface area (Å²) >= 11 is 0. The SMILES string of the molecule is CCC(CC(=O)O)c1ccc(-c2ccc3c(c2)OCO3)cc1. The fraction of sp³-hybridized carbons (Fsp3) is 0.278. The Morgan fingerprint density at radius 1 is 1.09 bits per heavy atom. The molecule has 0 aromatic heterocycles. The van der Waals surface area contributed by atoms with E-state index in [9.17, 15) is 4.79 Å². The first-order valence-electron chi connectivity index (χ1n) is 7.39. The van der Waals surface area contributed by atoms with Gasteiger partial charge in [-0.3, -0.25) is 4.79 Å². The predicted molar refractivity (Wildman–Crippen MR) is 83.3 cm³/mol. The lowest BCUT2D eigenvalue weighted by molar-refractivity contribution is -0.137. The maximum absolute atomic E-state index is 10.9. The van der Waals surface area contributed by atoms with E-state index in [-0.39, 0.29) is 19.1 Å². The lowest BCUT2D eigenvalue weighted by atomic mass is 9.92. The van der Waals surface area contributed by atoms with Gasteiger partial charge < -0.3 is 14.6 Å². The van der Waals surface area contributed by atoms with Gasteiger partial charge in [-0.2, -0.15) is 0 Å². The summed E-state index contributed by atoms with van der Waals surface area (Å²) in [7, 11) is 0. The minimum absolute atomic E-state index is 0.0586. The van der Waals surface area contributed by atoms with Gasteiger partial charge in [-0.1, -0.05) is 37.3 Å². The van der Waals surface area contributed by atoms with Crippen LogP contribution in [-0.4, -0.2) is 17.9 Å². The highest BCUT2D eigenvalue weighted by molar-refractivity contribution is 5.69. The Bertz CT molecular complexity index is 676. The number of hydrogen-bond acceptors (Lipinski definition) is 3. The van der Waals surface area contributed by atoms with Crippen LogP contribution in [0.25, 0.3) is 11.1 Å². The zero-order chi connectivity index (χ0) is 15.5. The van der Waals surface area contributed by atoms with E-state index in [1.165, 1.54) is 0 Å². The van der Waals surface area contributed by atoms with Crippen LogP contribution >= 0.6 is 0 Å². The second-order valence-corrected chi connectivity index (χ2v) is 5.39. The molecular formula is C18H18O4. The van der Waals surface area contributed by atoms with Gasteiger partial charge in [0, 0.05) is 0 Å². The molecule has 0 aliphatic carbocycles. The predicted octanol–water partition coefficient (Wildman–Crippen LogP) is 4.05. The molecular weight excluding hydrogens is 280 g/mol. The molecule has 0 spiro atoms. The van der Waals surface area contributed by atoms with Gasteiger partial charge >= 0.3 is 5.97 Å². The lowest BCUT2D eigenvalue weighted by Crippen LogP contribution is -2.05. The Kier molecular flexibility index (Phi) is 4.00. The molecule has 1 atom stereocenters. The first kappa shape index (κ1) is 14.4. The molecule has 1 unspecified atom stereocenters. The third kappa shape index (κ3) is 2.91. The Morgan fingerprint density at radius 2 is 1.77 bits per heavy atom. The number of benzene rings is 2. The van der Waals surface area contributed by atoms with Crippen LogP contribution in [-0.2, 0) is 4.79 Å². The van der Waals surface area contributed by atoms with Gasteiger partial charge in [0.2, 0.25) is 6.79 Å². The molecule has 0 fully saturated rings. The zero-order valence-electron chi connectivity index (χ0n) is 12.4. The summed E-state index contributed by atoms with van der Waals surface area (Å²) in [5.74, 6) is 0.835. The summed E-state index contributed by atoms with van der Waals surface area (Å²) in [6.45, 7) is 2.28. The normalized spacial score (nSPS) is 13.9. The number of hydrogen-bond donors (Lipinski definition) is 1. The monoisotopic (exact) mass is 298 g/mol. The van der Waals surface area contributed by atoms with Crippen LogP contribution in [0.1, 0.15) is 31.2 Å². The largest absolute Gasteiger partial charge is 0.481 e. The van der Waals surface area contributed by atoms with Crippen LogP contribution in [0.15, 0.2) is 42.5 Å². The molecule has 1 heterocycles. The van der Waals surface area contributed by atoms with Crippen LogP contribution in [0.2, 0.25) is 0 Å². The van der Waals surface area contributed by atoms with E-state index in [4.69, 9.17) is 14.6 Å². The third-order valence-electron chi connectivity index (χ3n) is 4.00. The van der Waals surface area contributed by atoms with Gasteiger partial charge in [0.25, 0.3) is 0 Å². The molecule has 0 radical (unpaired) electrons. The molecule has 22 heavy (non-hydrogen) atoms. The maximum Gasteiger partial charge on any atom is 0.303 e. The van der Waals surface area contributed by atoms with Crippen LogP contribution in [0, 0.1) is 0 Å². The minimum Gasteiger partial charge on any atom is -0.481 e. The Morgan fingerprint density at radius 3 is 2.45 bits per heavy atom. The quantitative estimate of drug-likeness (QED) is 0.904. The first-order chi connectivity index (χ1) is 10.7. The molecule has 114 valence electrons. The molecule has 1 aliphatic heterocycles. The summed E-state index contributed by atoms with van der Waals surface area (Å²) in [4.78, 5) is 10.9. The van der Waals surface area contributed by atoms with Crippen molar-refractivity contribution in [2.75, 3.05) is 6.79 Å². The van der Waals surface area contributed by atoms with Crippen LogP contribution in [0.4, 0.5) is 0 Å². The first-order valence-corrected chi connectivity index (χ1v) is 7.39. The second kappa shape index (κ2) is 6.10. The van der Waals surface area contributed by atoms with Crippen molar-refractivity contribution in [1.82, 2.24) is 0 Å². The molecule has 0 saturated heterocycles. The van der Waals surface area contributed by atoms with Gasteiger partial charge in [-0.15, -0.1) is 0 Å². The van der Waals surface area contributed by atoms with Crippen molar-refractivity contribution in [3.05, 3.63) is 48.0 Å². The molecule has 1 N–H and O–H groups in total. The van der Waals surface area contributed by atoms with Crippen molar-refractivity contribution in [3.63, 3.8) is 0 Å². The van der Waals surface area contributed by atoms with Crippen molar-refractivity contribution in [1.29, 1.82) is 0 Å². The fourth-order valence-electron chi connectivity index (χ4n) is 2.73. The summed E-state index contributed by atoms with van der Waals surface area (Å²) < 4.78 is 10.7. The Balaban J connectivity index is 1.83. The maximum atomic E-state index is 10.9. The third-order valence-corrected chi connectivity index (χ3v) is 4.00. The van der Waals surface area contributed by atoms with Crippen LogP contribution in [0.3, 0.4) is 0 Å².